The van der Waals surface area contributed by atoms with Crippen molar-refractivity contribution in [1.82, 2.24) is 9.61 Å². The highest BCUT2D eigenvalue weighted by atomic mass is 15.2. The SMILES string of the molecule is Cc1cc2c3ccc4ccccc4c3c(-c3ccccc3)c(-c3ccccc3)n2n1. The Kier molecular flexibility index (Phi) is 3.72. The van der Waals surface area contributed by atoms with Crippen molar-refractivity contribution >= 4 is 27.1 Å². The maximum Gasteiger partial charge on any atom is 0.0810 e. The zero-order valence-corrected chi connectivity index (χ0v) is 16.7. The van der Waals surface area contributed by atoms with E-state index in [0.29, 0.717) is 0 Å². The second-order valence-electron chi connectivity index (χ2n) is 7.75. The van der Waals surface area contributed by atoms with Gasteiger partial charge in [-0.3, -0.25) is 0 Å². The van der Waals surface area contributed by atoms with Crippen molar-refractivity contribution in [3.05, 3.63) is 109 Å². The van der Waals surface area contributed by atoms with Gasteiger partial charge in [0.05, 0.1) is 16.9 Å². The monoisotopic (exact) mass is 384 g/mol. The van der Waals surface area contributed by atoms with Gasteiger partial charge in [0.15, 0.2) is 0 Å². The first kappa shape index (κ1) is 17.0. The highest BCUT2D eigenvalue weighted by Gasteiger charge is 2.20. The molecule has 6 aromatic rings. The number of nitrogens with zero attached hydrogens (tertiary/aromatic N) is 2. The lowest BCUT2D eigenvalue weighted by molar-refractivity contribution is 0.947. The fraction of sp³-hybridized carbons (Fsp3) is 0.0357. The van der Waals surface area contributed by atoms with Gasteiger partial charge in [0.1, 0.15) is 0 Å². The molecule has 2 nitrogen and oxygen atoms in total. The minimum absolute atomic E-state index is 1.02. The minimum atomic E-state index is 1.02. The lowest BCUT2D eigenvalue weighted by Gasteiger charge is -2.18. The number of aromatic nitrogens is 2. The predicted octanol–water partition coefficient (Wildman–Crippen LogP) is 7.28. The molecule has 30 heavy (non-hydrogen) atoms. The van der Waals surface area contributed by atoms with E-state index in [1.807, 2.05) is 0 Å². The number of pyridine rings is 1. The number of aryl methyl sites for hydroxylation is 1. The van der Waals surface area contributed by atoms with Gasteiger partial charge in [-0.25, -0.2) is 4.52 Å². The molecule has 0 aliphatic heterocycles. The summed E-state index contributed by atoms with van der Waals surface area (Å²) in [5, 5.41) is 9.96. The normalized spacial score (nSPS) is 11.5. The van der Waals surface area contributed by atoms with E-state index in [1.165, 1.54) is 38.2 Å². The zero-order valence-electron chi connectivity index (χ0n) is 16.7. The molecule has 0 saturated carbocycles. The first-order valence-corrected chi connectivity index (χ1v) is 10.3. The molecule has 6 rings (SSSR count). The van der Waals surface area contributed by atoms with Crippen LogP contribution in [-0.2, 0) is 0 Å². The maximum absolute atomic E-state index is 4.92. The Morgan fingerprint density at radius 3 is 2.07 bits per heavy atom. The van der Waals surface area contributed by atoms with Crippen LogP contribution in [0, 0.1) is 6.92 Å². The van der Waals surface area contributed by atoms with E-state index >= 15 is 0 Å². The van der Waals surface area contributed by atoms with Crippen LogP contribution in [0.3, 0.4) is 0 Å². The molecule has 0 aliphatic rings. The van der Waals surface area contributed by atoms with Crippen LogP contribution in [0.2, 0.25) is 0 Å². The molecule has 0 amide bonds. The van der Waals surface area contributed by atoms with Crippen molar-refractivity contribution in [3.63, 3.8) is 0 Å². The first-order valence-electron chi connectivity index (χ1n) is 10.3. The molecule has 2 heterocycles. The summed E-state index contributed by atoms with van der Waals surface area (Å²) in [6, 6.07) is 36.6. The van der Waals surface area contributed by atoms with Gasteiger partial charge in [0.25, 0.3) is 0 Å². The van der Waals surface area contributed by atoms with Crippen molar-refractivity contribution < 1.29 is 0 Å². The standard InChI is InChI=1S/C28H20N2/c1-19-18-25-24-17-16-20-10-8-9-15-23(20)27(24)26(21-11-4-2-5-12-21)28(30(25)29-19)22-13-6-3-7-14-22/h2-18H,1H3. The van der Waals surface area contributed by atoms with Crippen molar-refractivity contribution in [2.24, 2.45) is 0 Å². The Balaban J connectivity index is 1.95. The molecule has 0 saturated heterocycles. The van der Waals surface area contributed by atoms with Crippen molar-refractivity contribution in [3.8, 4) is 22.4 Å². The van der Waals surface area contributed by atoms with Crippen molar-refractivity contribution in [2.45, 2.75) is 6.92 Å². The lowest BCUT2D eigenvalue weighted by atomic mass is 9.90. The van der Waals surface area contributed by atoms with Gasteiger partial charge in [-0.05, 0) is 29.3 Å². The summed E-state index contributed by atoms with van der Waals surface area (Å²) < 4.78 is 2.13. The zero-order chi connectivity index (χ0) is 20.1. The van der Waals surface area contributed by atoms with Gasteiger partial charge < -0.3 is 0 Å². The number of rotatable bonds is 2. The molecule has 0 unspecified atom stereocenters. The van der Waals surface area contributed by atoms with Gasteiger partial charge in [-0.15, -0.1) is 0 Å². The topological polar surface area (TPSA) is 17.3 Å². The summed E-state index contributed by atoms with van der Waals surface area (Å²) in [7, 11) is 0. The number of benzene rings is 4. The smallest absolute Gasteiger partial charge is 0.0810 e. The Bertz CT molecular complexity index is 1530. The van der Waals surface area contributed by atoms with Gasteiger partial charge in [0.2, 0.25) is 0 Å². The molecule has 4 aromatic carbocycles. The molecular formula is C28H20N2. The van der Waals surface area contributed by atoms with Crippen LogP contribution >= 0.6 is 0 Å². The quantitative estimate of drug-likeness (QED) is 0.287. The molecule has 0 fully saturated rings. The van der Waals surface area contributed by atoms with E-state index in [9.17, 15) is 0 Å². The fourth-order valence-electron chi connectivity index (χ4n) is 4.59. The molecular weight excluding hydrogens is 364 g/mol. The van der Waals surface area contributed by atoms with Crippen LogP contribution in [0.4, 0.5) is 0 Å². The van der Waals surface area contributed by atoms with Crippen LogP contribution in [0.25, 0.3) is 49.4 Å². The third-order valence-corrected chi connectivity index (χ3v) is 5.84. The Morgan fingerprint density at radius 1 is 0.633 bits per heavy atom. The van der Waals surface area contributed by atoms with Crippen LogP contribution in [0.15, 0.2) is 103 Å². The molecule has 2 heteroatoms. The van der Waals surface area contributed by atoms with Crippen LogP contribution in [0.5, 0.6) is 0 Å². The highest BCUT2D eigenvalue weighted by molar-refractivity contribution is 6.20. The second kappa shape index (κ2) is 6.57. The Labute approximate surface area is 175 Å². The van der Waals surface area contributed by atoms with Gasteiger partial charge in [-0.1, -0.05) is 97.1 Å². The first-order chi connectivity index (χ1) is 14.8. The average Bonchev–Trinajstić information content (AvgIpc) is 3.20. The maximum atomic E-state index is 4.92. The number of fused-ring (bicyclic) bond motifs is 5. The molecule has 0 spiro atoms. The molecule has 0 radical (unpaired) electrons. The minimum Gasteiger partial charge on any atom is -0.232 e. The molecule has 0 atom stereocenters. The molecule has 0 aliphatic carbocycles. The summed E-state index contributed by atoms with van der Waals surface area (Å²) in [4.78, 5) is 0. The largest absolute Gasteiger partial charge is 0.232 e. The van der Waals surface area contributed by atoms with E-state index < -0.39 is 0 Å². The Morgan fingerprint density at radius 2 is 1.30 bits per heavy atom. The van der Waals surface area contributed by atoms with Gasteiger partial charge in [-0.2, -0.15) is 5.10 Å². The predicted molar refractivity (Wildman–Crippen MR) is 126 cm³/mol. The average molecular weight is 384 g/mol. The van der Waals surface area contributed by atoms with E-state index in [2.05, 4.69) is 115 Å². The molecule has 142 valence electrons. The summed E-state index contributed by atoms with van der Waals surface area (Å²) in [6.45, 7) is 2.07. The summed E-state index contributed by atoms with van der Waals surface area (Å²) in [6.07, 6.45) is 0. The number of hydrogen-bond donors (Lipinski definition) is 0. The fourth-order valence-corrected chi connectivity index (χ4v) is 4.59. The second-order valence-corrected chi connectivity index (χ2v) is 7.75. The highest BCUT2D eigenvalue weighted by Crippen LogP contribution is 2.43. The third-order valence-electron chi connectivity index (χ3n) is 5.84. The van der Waals surface area contributed by atoms with E-state index in [1.54, 1.807) is 0 Å². The number of hydrogen-bond acceptors (Lipinski definition) is 1. The van der Waals surface area contributed by atoms with E-state index in [-0.39, 0.29) is 0 Å². The van der Waals surface area contributed by atoms with E-state index in [4.69, 9.17) is 5.10 Å². The Hall–Kier alpha value is -3.91. The molecule has 0 N–H and O–H groups in total. The van der Waals surface area contributed by atoms with Crippen molar-refractivity contribution in [1.29, 1.82) is 0 Å². The lowest BCUT2D eigenvalue weighted by Crippen LogP contribution is -2.00. The van der Waals surface area contributed by atoms with Crippen LogP contribution < -0.4 is 0 Å². The molecule has 0 bridgehead atoms. The molecule has 2 aromatic heterocycles. The van der Waals surface area contributed by atoms with Crippen molar-refractivity contribution in [2.75, 3.05) is 0 Å². The van der Waals surface area contributed by atoms with Crippen LogP contribution in [-0.4, -0.2) is 9.61 Å². The summed E-state index contributed by atoms with van der Waals surface area (Å²) in [5.41, 5.74) is 6.89. The van der Waals surface area contributed by atoms with Gasteiger partial charge in [0, 0.05) is 21.9 Å². The third kappa shape index (κ3) is 2.47. The van der Waals surface area contributed by atoms with E-state index in [0.717, 1.165) is 16.9 Å². The summed E-state index contributed by atoms with van der Waals surface area (Å²) in [5.74, 6) is 0. The van der Waals surface area contributed by atoms with Crippen LogP contribution in [0.1, 0.15) is 5.69 Å². The summed E-state index contributed by atoms with van der Waals surface area (Å²) >= 11 is 0. The van der Waals surface area contributed by atoms with Gasteiger partial charge >= 0.3 is 0 Å².